The molecule has 9 heteroatoms. The maximum absolute atomic E-state index is 12.5. The Morgan fingerprint density at radius 3 is 2.75 bits per heavy atom. The van der Waals surface area contributed by atoms with Gasteiger partial charge in [-0.05, 0) is 18.9 Å². The summed E-state index contributed by atoms with van der Waals surface area (Å²) in [4.78, 5) is 23.1. The quantitative estimate of drug-likeness (QED) is 0.781. The predicted octanol–water partition coefficient (Wildman–Crippen LogP) is 2.62. The second kappa shape index (κ2) is 9.29. The molecule has 1 aromatic carbocycles. The van der Waals surface area contributed by atoms with Gasteiger partial charge in [-0.3, -0.25) is 4.79 Å². The molecule has 1 aliphatic heterocycles. The van der Waals surface area contributed by atoms with Crippen molar-refractivity contribution in [2.75, 3.05) is 25.1 Å². The number of carbonyl (C=O) groups is 1. The van der Waals surface area contributed by atoms with Crippen LogP contribution >= 0.6 is 0 Å². The van der Waals surface area contributed by atoms with E-state index in [4.69, 9.17) is 4.74 Å². The number of halogens is 2. The van der Waals surface area contributed by atoms with Gasteiger partial charge in [-0.25, -0.2) is 4.98 Å². The lowest BCUT2D eigenvalue weighted by molar-refractivity contribution is -0.125. The number of rotatable bonds is 7. The first kappa shape index (κ1) is 19.8. The normalized spacial score (nSPS) is 14.8. The van der Waals surface area contributed by atoms with Crippen molar-refractivity contribution in [2.45, 2.75) is 26.0 Å². The molecule has 0 saturated carbocycles. The Morgan fingerprint density at radius 2 is 2.04 bits per heavy atom. The van der Waals surface area contributed by atoms with Crippen LogP contribution in [0.4, 0.5) is 14.7 Å². The number of nitrogens with one attached hydrogen (secondary N) is 1. The van der Waals surface area contributed by atoms with E-state index in [1.807, 2.05) is 4.90 Å². The van der Waals surface area contributed by atoms with Gasteiger partial charge in [0.25, 0.3) is 0 Å². The number of alkyl halides is 2. The van der Waals surface area contributed by atoms with E-state index >= 15 is 0 Å². The number of methoxy groups -OCH3 is 1. The number of hydrogen-bond acceptors (Lipinski definition) is 6. The number of carbonyl (C=O) groups excluding carboxylic acids is 1. The lowest BCUT2D eigenvalue weighted by Crippen LogP contribution is -2.41. The summed E-state index contributed by atoms with van der Waals surface area (Å²) >= 11 is 0. The van der Waals surface area contributed by atoms with Crippen molar-refractivity contribution in [1.82, 2.24) is 15.3 Å². The Bertz CT molecular complexity index is 798. The first-order chi connectivity index (χ1) is 13.6. The summed E-state index contributed by atoms with van der Waals surface area (Å²) in [5, 5.41) is 2.82. The number of anilines is 1. The number of nitrogens with zero attached hydrogens (tertiary/aromatic N) is 3. The monoisotopic (exact) mass is 392 g/mol. The second-order valence-electron chi connectivity index (χ2n) is 6.36. The molecule has 0 radical (unpaired) electrons. The van der Waals surface area contributed by atoms with Crippen LogP contribution in [0.2, 0.25) is 0 Å². The molecule has 1 saturated heterocycles. The first-order valence-corrected chi connectivity index (χ1v) is 8.99. The SMILES string of the molecule is COc1ccnc(N2CCC(C(=O)NCc3ccccc3OC(F)F)CC2)n1. The van der Waals surface area contributed by atoms with Crippen LogP contribution in [0.3, 0.4) is 0 Å². The van der Waals surface area contributed by atoms with Crippen LogP contribution in [-0.2, 0) is 11.3 Å². The largest absolute Gasteiger partial charge is 0.481 e. The van der Waals surface area contributed by atoms with Crippen molar-refractivity contribution in [1.29, 1.82) is 0 Å². The number of ether oxygens (including phenoxy) is 2. The molecular formula is C19H22F2N4O3. The Labute approximate surface area is 161 Å². The molecule has 0 atom stereocenters. The van der Waals surface area contributed by atoms with Gasteiger partial charge in [0.2, 0.25) is 17.7 Å². The summed E-state index contributed by atoms with van der Waals surface area (Å²) < 4.78 is 34.6. The van der Waals surface area contributed by atoms with Gasteiger partial charge in [0.1, 0.15) is 5.75 Å². The van der Waals surface area contributed by atoms with E-state index < -0.39 is 6.61 Å². The number of benzene rings is 1. The number of aromatic nitrogens is 2. The van der Waals surface area contributed by atoms with Crippen molar-refractivity contribution < 1.29 is 23.0 Å². The van der Waals surface area contributed by atoms with Gasteiger partial charge in [0.15, 0.2) is 0 Å². The van der Waals surface area contributed by atoms with Crippen LogP contribution in [0.5, 0.6) is 11.6 Å². The summed E-state index contributed by atoms with van der Waals surface area (Å²) in [5.74, 6) is 0.900. The van der Waals surface area contributed by atoms with Gasteiger partial charge < -0.3 is 19.7 Å². The average molecular weight is 392 g/mol. The molecule has 0 aliphatic carbocycles. The molecule has 1 aliphatic rings. The highest BCUT2D eigenvalue weighted by Crippen LogP contribution is 2.23. The molecule has 1 fully saturated rings. The summed E-state index contributed by atoms with van der Waals surface area (Å²) in [6, 6.07) is 8.12. The average Bonchev–Trinajstić information content (AvgIpc) is 2.72. The van der Waals surface area contributed by atoms with E-state index in [9.17, 15) is 13.6 Å². The minimum absolute atomic E-state index is 0.0720. The highest BCUT2D eigenvalue weighted by molar-refractivity contribution is 5.79. The van der Waals surface area contributed by atoms with Crippen molar-refractivity contribution in [3.05, 3.63) is 42.1 Å². The Hall–Kier alpha value is -2.97. The molecule has 0 spiro atoms. The smallest absolute Gasteiger partial charge is 0.387 e. The molecule has 28 heavy (non-hydrogen) atoms. The van der Waals surface area contributed by atoms with Gasteiger partial charge in [-0.15, -0.1) is 0 Å². The lowest BCUT2D eigenvalue weighted by atomic mass is 9.96. The van der Waals surface area contributed by atoms with E-state index in [1.165, 1.54) is 6.07 Å². The van der Waals surface area contributed by atoms with Gasteiger partial charge >= 0.3 is 6.61 Å². The van der Waals surface area contributed by atoms with Gasteiger partial charge in [-0.1, -0.05) is 18.2 Å². The minimum Gasteiger partial charge on any atom is -0.481 e. The van der Waals surface area contributed by atoms with Crippen LogP contribution in [0.25, 0.3) is 0 Å². The van der Waals surface area contributed by atoms with Crippen LogP contribution in [0, 0.1) is 5.92 Å². The van der Waals surface area contributed by atoms with E-state index in [-0.39, 0.29) is 24.1 Å². The topological polar surface area (TPSA) is 76.6 Å². The molecule has 1 aromatic heterocycles. The Kier molecular flexibility index (Phi) is 6.57. The zero-order valence-electron chi connectivity index (χ0n) is 15.5. The molecule has 7 nitrogen and oxygen atoms in total. The summed E-state index contributed by atoms with van der Waals surface area (Å²) in [6.07, 6.45) is 2.95. The fourth-order valence-corrected chi connectivity index (χ4v) is 3.13. The fraction of sp³-hybridized carbons (Fsp3) is 0.421. The van der Waals surface area contributed by atoms with Crippen molar-refractivity contribution in [3.63, 3.8) is 0 Å². The maximum Gasteiger partial charge on any atom is 0.387 e. The fourth-order valence-electron chi connectivity index (χ4n) is 3.13. The van der Waals surface area contributed by atoms with Gasteiger partial charge in [0, 0.05) is 43.4 Å². The second-order valence-corrected chi connectivity index (χ2v) is 6.36. The summed E-state index contributed by atoms with van der Waals surface area (Å²) in [6.45, 7) is -1.46. The number of amides is 1. The van der Waals surface area contributed by atoms with Crippen molar-refractivity contribution in [2.24, 2.45) is 5.92 Å². The molecule has 2 aromatic rings. The predicted molar refractivity (Wildman–Crippen MR) is 98.4 cm³/mol. The third kappa shape index (κ3) is 5.05. The third-order valence-corrected chi connectivity index (χ3v) is 4.62. The van der Waals surface area contributed by atoms with Crippen LogP contribution < -0.4 is 19.7 Å². The first-order valence-electron chi connectivity index (χ1n) is 8.99. The maximum atomic E-state index is 12.5. The molecule has 150 valence electrons. The summed E-state index contributed by atoms with van der Waals surface area (Å²) in [7, 11) is 1.55. The Balaban J connectivity index is 1.52. The van der Waals surface area contributed by atoms with Crippen molar-refractivity contribution >= 4 is 11.9 Å². The zero-order chi connectivity index (χ0) is 19.9. The third-order valence-electron chi connectivity index (χ3n) is 4.62. The molecule has 0 bridgehead atoms. The standard InChI is InChI=1S/C19H22F2N4O3/c1-27-16-6-9-22-19(24-16)25-10-7-13(8-11-25)17(26)23-12-14-4-2-3-5-15(14)28-18(20)21/h2-6,9,13,18H,7-8,10-12H2,1H3,(H,23,26). The lowest BCUT2D eigenvalue weighted by Gasteiger charge is -2.31. The molecule has 0 unspecified atom stereocenters. The molecule has 3 rings (SSSR count). The molecule has 1 amide bonds. The van der Waals surface area contributed by atoms with Gasteiger partial charge in [-0.2, -0.15) is 13.8 Å². The molecule has 2 heterocycles. The number of hydrogen-bond donors (Lipinski definition) is 1. The minimum atomic E-state index is -2.90. The Morgan fingerprint density at radius 1 is 1.29 bits per heavy atom. The highest BCUT2D eigenvalue weighted by atomic mass is 19.3. The van der Waals surface area contributed by atoms with Gasteiger partial charge in [0.05, 0.1) is 7.11 Å². The van der Waals surface area contributed by atoms with E-state index in [0.717, 1.165) is 0 Å². The zero-order valence-corrected chi connectivity index (χ0v) is 15.5. The number of piperidine rings is 1. The van der Waals surface area contributed by atoms with Crippen LogP contribution in [0.1, 0.15) is 18.4 Å². The van der Waals surface area contributed by atoms with E-state index in [0.29, 0.717) is 43.3 Å². The van der Waals surface area contributed by atoms with Crippen LogP contribution in [0.15, 0.2) is 36.5 Å². The van der Waals surface area contributed by atoms with E-state index in [1.54, 1.807) is 37.6 Å². The van der Waals surface area contributed by atoms with Crippen molar-refractivity contribution in [3.8, 4) is 11.6 Å². The van der Waals surface area contributed by atoms with E-state index in [2.05, 4.69) is 20.0 Å². The van der Waals surface area contributed by atoms with Crippen LogP contribution in [-0.4, -0.2) is 42.7 Å². The highest BCUT2D eigenvalue weighted by Gasteiger charge is 2.26. The number of para-hydroxylation sites is 1. The molecule has 1 N–H and O–H groups in total. The summed E-state index contributed by atoms with van der Waals surface area (Å²) in [5.41, 5.74) is 0.512. The molecular weight excluding hydrogens is 370 g/mol.